The second-order valence-electron chi connectivity index (χ2n) is 5.54. The van der Waals surface area contributed by atoms with E-state index in [-0.39, 0.29) is 5.91 Å². The van der Waals surface area contributed by atoms with Crippen LogP contribution in [-0.4, -0.2) is 62.5 Å². The van der Waals surface area contributed by atoms with Crippen LogP contribution in [0.5, 0.6) is 0 Å². The van der Waals surface area contributed by atoms with Gasteiger partial charge in [0, 0.05) is 39.1 Å². The minimum atomic E-state index is 0.197. The molecule has 4 heteroatoms. The van der Waals surface area contributed by atoms with Gasteiger partial charge in [0.05, 0.1) is 0 Å². The third-order valence-electron chi connectivity index (χ3n) is 3.95. The van der Waals surface area contributed by atoms with Gasteiger partial charge in [-0.15, -0.1) is 0 Å². The van der Waals surface area contributed by atoms with Crippen molar-refractivity contribution in [3.63, 3.8) is 0 Å². The van der Waals surface area contributed by atoms with Gasteiger partial charge in [-0.2, -0.15) is 0 Å². The van der Waals surface area contributed by atoms with E-state index in [4.69, 9.17) is 0 Å². The third-order valence-corrected chi connectivity index (χ3v) is 3.95. The highest BCUT2D eigenvalue weighted by atomic mass is 16.2. The summed E-state index contributed by atoms with van der Waals surface area (Å²) in [5, 5.41) is 3.45. The lowest BCUT2D eigenvalue weighted by Gasteiger charge is -2.36. The summed E-state index contributed by atoms with van der Waals surface area (Å²) in [6.45, 7) is 1.79. The second kappa shape index (κ2) is 6.36. The highest BCUT2D eigenvalue weighted by molar-refractivity contribution is 5.75. The molecule has 0 aromatic carbocycles. The maximum absolute atomic E-state index is 11.4. The summed E-state index contributed by atoms with van der Waals surface area (Å²) in [6.07, 6.45) is 5.80. The predicted octanol–water partition coefficient (Wildman–Crippen LogP) is 0.929. The Labute approximate surface area is 105 Å². The number of carbonyl (C=O) groups is 1. The topological polar surface area (TPSA) is 35.6 Å². The van der Waals surface area contributed by atoms with Crippen molar-refractivity contribution in [2.45, 2.75) is 37.6 Å². The average molecular weight is 241 g/mol. The van der Waals surface area contributed by atoms with Gasteiger partial charge in [0.25, 0.3) is 0 Å². The Morgan fingerprint density at radius 1 is 1.18 bits per heavy atom. The Morgan fingerprint density at radius 2 is 1.76 bits per heavy atom. The van der Waals surface area contributed by atoms with Crippen molar-refractivity contribution < 1.29 is 4.79 Å². The molecule has 0 aromatic rings. The van der Waals surface area contributed by atoms with E-state index in [0.29, 0.717) is 12.0 Å². The van der Waals surface area contributed by atoms with E-state index in [2.05, 4.69) is 24.3 Å². The van der Waals surface area contributed by atoms with Gasteiger partial charge in [0.1, 0.15) is 0 Å². The van der Waals surface area contributed by atoms with E-state index in [0.717, 1.165) is 13.1 Å². The Morgan fingerprint density at radius 3 is 2.24 bits per heavy atom. The largest absolute Gasteiger partial charge is 0.349 e. The molecule has 0 unspecified atom stereocenters. The first-order valence-electron chi connectivity index (χ1n) is 6.56. The molecule has 0 bridgehead atoms. The molecule has 4 nitrogen and oxygen atoms in total. The standard InChI is InChI=1S/C13H27N3O/c1-15(2)12(17)7-10-14-11-13(16(3)4)8-5-6-9-13/h14H,5-11H2,1-4H3. The van der Waals surface area contributed by atoms with Crippen molar-refractivity contribution in [2.24, 2.45) is 0 Å². The maximum Gasteiger partial charge on any atom is 0.223 e. The number of rotatable bonds is 6. The van der Waals surface area contributed by atoms with Gasteiger partial charge in [-0.05, 0) is 26.9 Å². The summed E-state index contributed by atoms with van der Waals surface area (Å²) in [4.78, 5) is 15.4. The molecule has 1 amide bonds. The first-order valence-corrected chi connectivity index (χ1v) is 6.56. The number of nitrogens with zero attached hydrogens (tertiary/aromatic N) is 2. The van der Waals surface area contributed by atoms with Crippen LogP contribution in [0.1, 0.15) is 32.1 Å². The first-order chi connectivity index (χ1) is 7.98. The van der Waals surface area contributed by atoms with Gasteiger partial charge in [0.15, 0.2) is 0 Å². The summed E-state index contributed by atoms with van der Waals surface area (Å²) < 4.78 is 0. The summed E-state index contributed by atoms with van der Waals surface area (Å²) in [6, 6.07) is 0. The summed E-state index contributed by atoms with van der Waals surface area (Å²) in [5.41, 5.74) is 0.321. The number of hydrogen-bond donors (Lipinski definition) is 1. The second-order valence-corrected chi connectivity index (χ2v) is 5.54. The van der Waals surface area contributed by atoms with Gasteiger partial charge in [-0.1, -0.05) is 12.8 Å². The zero-order valence-corrected chi connectivity index (χ0v) is 11.8. The van der Waals surface area contributed by atoms with Crippen molar-refractivity contribution in [3.05, 3.63) is 0 Å². The van der Waals surface area contributed by atoms with Crippen LogP contribution < -0.4 is 5.32 Å². The first kappa shape index (κ1) is 14.5. The quantitative estimate of drug-likeness (QED) is 0.703. The molecule has 0 radical (unpaired) electrons. The Balaban J connectivity index is 2.27. The van der Waals surface area contributed by atoms with Gasteiger partial charge in [0.2, 0.25) is 5.91 Å². The fraction of sp³-hybridized carbons (Fsp3) is 0.923. The van der Waals surface area contributed by atoms with Crippen LogP contribution in [0.15, 0.2) is 0 Å². The highest BCUT2D eigenvalue weighted by Crippen LogP contribution is 2.32. The molecule has 1 aliphatic carbocycles. The molecule has 100 valence electrons. The number of carbonyl (C=O) groups excluding carboxylic acids is 1. The van der Waals surface area contributed by atoms with Crippen molar-refractivity contribution in [1.82, 2.24) is 15.1 Å². The normalized spacial score (nSPS) is 18.6. The number of hydrogen-bond acceptors (Lipinski definition) is 3. The lowest BCUT2D eigenvalue weighted by molar-refractivity contribution is -0.128. The molecule has 17 heavy (non-hydrogen) atoms. The van der Waals surface area contributed by atoms with Gasteiger partial charge < -0.3 is 15.1 Å². The SMILES string of the molecule is CN(C)C(=O)CCNCC1(N(C)C)CCCC1. The number of likely N-dealkylation sites (N-methyl/N-ethyl adjacent to an activating group) is 1. The van der Waals surface area contributed by atoms with Crippen LogP contribution in [0.2, 0.25) is 0 Å². The average Bonchev–Trinajstić information content (AvgIpc) is 2.73. The maximum atomic E-state index is 11.4. The van der Waals surface area contributed by atoms with Crippen LogP contribution >= 0.6 is 0 Å². The molecule has 1 N–H and O–H groups in total. The van der Waals surface area contributed by atoms with Crippen LogP contribution in [0.3, 0.4) is 0 Å². The molecule has 1 fully saturated rings. The molecule has 0 atom stereocenters. The van der Waals surface area contributed by atoms with E-state index in [1.807, 2.05) is 0 Å². The number of nitrogens with one attached hydrogen (secondary N) is 1. The van der Waals surface area contributed by atoms with Crippen LogP contribution in [0.4, 0.5) is 0 Å². The van der Waals surface area contributed by atoms with Crippen molar-refractivity contribution in [2.75, 3.05) is 41.3 Å². The zero-order valence-electron chi connectivity index (χ0n) is 11.8. The number of amides is 1. The molecule has 0 spiro atoms. The van der Waals surface area contributed by atoms with E-state index in [1.165, 1.54) is 25.7 Å². The molecule has 0 saturated heterocycles. The van der Waals surface area contributed by atoms with Gasteiger partial charge in [-0.3, -0.25) is 4.79 Å². The minimum Gasteiger partial charge on any atom is -0.349 e. The lowest BCUT2D eigenvalue weighted by atomic mass is 9.96. The van der Waals surface area contributed by atoms with Gasteiger partial charge in [-0.25, -0.2) is 0 Å². The molecule has 1 saturated carbocycles. The van der Waals surface area contributed by atoms with Crippen molar-refractivity contribution in [1.29, 1.82) is 0 Å². The monoisotopic (exact) mass is 241 g/mol. The Bertz CT molecular complexity index is 245. The third kappa shape index (κ3) is 3.96. The smallest absolute Gasteiger partial charge is 0.223 e. The van der Waals surface area contributed by atoms with Crippen molar-refractivity contribution >= 4 is 5.91 Å². The fourth-order valence-corrected chi connectivity index (χ4v) is 2.56. The van der Waals surface area contributed by atoms with Crippen molar-refractivity contribution in [3.8, 4) is 0 Å². The van der Waals surface area contributed by atoms with E-state index in [1.54, 1.807) is 19.0 Å². The molecular weight excluding hydrogens is 214 g/mol. The van der Waals surface area contributed by atoms with Crippen LogP contribution in [0, 0.1) is 0 Å². The van der Waals surface area contributed by atoms with E-state index >= 15 is 0 Å². The minimum absolute atomic E-state index is 0.197. The Kier molecular flexibility index (Phi) is 5.40. The molecule has 0 aromatic heterocycles. The summed E-state index contributed by atoms with van der Waals surface area (Å²) in [7, 11) is 7.94. The predicted molar refractivity (Wildman–Crippen MR) is 71.1 cm³/mol. The van der Waals surface area contributed by atoms with E-state index < -0.39 is 0 Å². The Hall–Kier alpha value is -0.610. The molecule has 1 aliphatic rings. The van der Waals surface area contributed by atoms with Gasteiger partial charge >= 0.3 is 0 Å². The molecular formula is C13H27N3O. The zero-order chi connectivity index (χ0) is 12.9. The summed E-state index contributed by atoms with van der Waals surface area (Å²) in [5.74, 6) is 0.197. The van der Waals surface area contributed by atoms with Crippen LogP contribution in [-0.2, 0) is 4.79 Å². The molecule has 0 aliphatic heterocycles. The van der Waals surface area contributed by atoms with Crippen LogP contribution in [0.25, 0.3) is 0 Å². The molecule has 0 heterocycles. The molecule has 1 rings (SSSR count). The highest BCUT2D eigenvalue weighted by Gasteiger charge is 2.35. The van der Waals surface area contributed by atoms with E-state index in [9.17, 15) is 4.79 Å². The fourth-order valence-electron chi connectivity index (χ4n) is 2.56. The summed E-state index contributed by atoms with van der Waals surface area (Å²) >= 11 is 0. The lowest BCUT2D eigenvalue weighted by Crippen LogP contribution is -2.50.